The Morgan fingerprint density at radius 3 is 1.93 bits per heavy atom. The molecule has 0 radical (unpaired) electrons. The molecule has 0 fully saturated rings. The zero-order valence-electron chi connectivity index (χ0n) is 18.1. The summed E-state index contributed by atoms with van der Waals surface area (Å²) in [4.78, 5) is 16.5. The van der Waals surface area contributed by atoms with E-state index >= 15 is 0 Å². The predicted molar refractivity (Wildman–Crippen MR) is 119 cm³/mol. The topological polar surface area (TPSA) is 60.5 Å². The number of aryl methyl sites for hydroxylation is 1. The zero-order chi connectivity index (χ0) is 21.5. The molecule has 3 aromatic rings. The Morgan fingerprint density at radius 2 is 1.43 bits per heavy atom. The highest BCUT2D eigenvalue weighted by Gasteiger charge is 2.26. The summed E-state index contributed by atoms with van der Waals surface area (Å²) < 4.78 is 16.0. The second-order valence-corrected chi connectivity index (χ2v) is 7.01. The minimum Gasteiger partial charge on any atom is -0.497 e. The molecule has 1 heterocycles. The molecule has 0 aliphatic heterocycles. The fraction of sp³-hybridized carbons (Fsp3) is 0.320. The van der Waals surface area contributed by atoms with Gasteiger partial charge in [0.1, 0.15) is 11.5 Å². The minimum absolute atomic E-state index is 0.301. The van der Waals surface area contributed by atoms with Crippen molar-refractivity contribution in [3.05, 3.63) is 59.8 Å². The van der Waals surface area contributed by atoms with Gasteiger partial charge in [-0.05, 0) is 67.3 Å². The first-order valence-corrected chi connectivity index (χ1v) is 10.3. The van der Waals surface area contributed by atoms with E-state index in [1.54, 1.807) is 14.2 Å². The summed E-state index contributed by atoms with van der Waals surface area (Å²) in [6, 6.07) is 15.6. The Bertz CT molecular complexity index is 972. The number of aromatic amines is 1. The first-order chi connectivity index (χ1) is 14.6. The number of aromatic nitrogens is 1. The lowest BCUT2D eigenvalue weighted by atomic mass is 9.96. The molecule has 1 N–H and O–H groups in total. The van der Waals surface area contributed by atoms with Crippen molar-refractivity contribution in [1.29, 1.82) is 0 Å². The van der Waals surface area contributed by atoms with E-state index in [0.29, 0.717) is 12.2 Å². The molecule has 0 saturated carbocycles. The van der Waals surface area contributed by atoms with Crippen LogP contribution in [0.3, 0.4) is 0 Å². The van der Waals surface area contributed by atoms with Crippen molar-refractivity contribution in [2.75, 3.05) is 20.8 Å². The maximum absolute atomic E-state index is 13.0. The molecule has 0 atom stereocenters. The molecule has 30 heavy (non-hydrogen) atoms. The van der Waals surface area contributed by atoms with Gasteiger partial charge in [0.05, 0.1) is 32.1 Å². The maximum atomic E-state index is 13.0. The van der Waals surface area contributed by atoms with Crippen LogP contribution in [-0.2, 0) is 11.2 Å². The van der Waals surface area contributed by atoms with Crippen LogP contribution < -0.4 is 9.47 Å². The zero-order valence-corrected chi connectivity index (χ0v) is 18.1. The third-order valence-corrected chi connectivity index (χ3v) is 5.09. The Balaban J connectivity index is 2.23. The Hall–Kier alpha value is -3.21. The van der Waals surface area contributed by atoms with Gasteiger partial charge in [0.25, 0.3) is 0 Å². The van der Waals surface area contributed by atoms with Crippen molar-refractivity contribution in [1.82, 2.24) is 4.98 Å². The second-order valence-electron chi connectivity index (χ2n) is 7.01. The van der Waals surface area contributed by atoms with Gasteiger partial charge >= 0.3 is 5.97 Å². The summed E-state index contributed by atoms with van der Waals surface area (Å²) in [6.07, 6.45) is 2.80. The van der Waals surface area contributed by atoms with Gasteiger partial charge in [0.2, 0.25) is 0 Å². The largest absolute Gasteiger partial charge is 0.497 e. The molecule has 0 aliphatic rings. The molecule has 5 heteroatoms. The molecule has 0 saturated heterocycles. The van der Waals surface area contributed by atoms with Crippen molar-refractivity contribution in [3.63, 3.8) is 0 Å². The number of carbonyl (C=O) groups excluding carboxylic acids is 1. The Labute approximate surface area is 178 Å². The average molecular weight is 408 g/mol. The van der Waals surface area contributed by atoms with Crippen LogP contribution in [0.5, 0.6) is 11.5 Å². The van der Waals surface area contributed by atoms with Crippen molar-refractivity contribution >= 4 is 5.97 Å². The quantitative estimate of drug-likeness (QED) is 0.450. The number of ether oxygens (including phenoxy) is 3. The molecule has 3 rings (SSSR count). The number of unbranched alkanes of at least 4 members (excludes halogenated alkanes) is 1. The average Bonchev–Trinajstić information content (AvgIpc) is 3.17. The van der Waals surface area contributed by atoms with E-state index in [0.717, 1.165) is 58.8 Å². The standard InChI is InChI=1S/C25H29NO4/c1-5-7-8-21-23(25(27)30-6-2)22(17-9-13-19(28-3)14-10-17)24(26-21)18-11-15-20(29-4)16-12-18/h9-16,26H,5-8H2,1-4H3. The van der Waals surface area contributed by atoms with Crippen LogP contribution in [0.4, 0.5) is 0 Å². The Kier molecular flexibility index (Phi) is 7.17. The van der Waals surface area contributed by atoms with E-state index in [1.165, 1.54) is 0 Å². The molecule has 0 unspecified atom stereocenters. The highest BCUT2D eigenvalue weighted by Crippen LogP contribution is 2.39. The summed E-state index contributed by atoms with van der Waals surface area (Å²) in [5, 5.41) is 0. The highest BCUT2D eigenvalue weighted by molar-refractivity contribution is 6.03. The number of rotatable bonds is 9. The van der Waals surface area contributed by atoms with Crippen LogP contribution in [0, 0.1) is 0 Å². The fourth-order valence-electron chi connectivity index (χ4n) is 3.54. The third-order valence-electron chi connectivity index (χ3n) is 5.09. The molecule has 0 aliphatic carbocycles. The minimum atomic E-state index is -0.301. The van der Waals surface area contributed by atoms with Crippen LogP contribution >= 0.6 is 0 Å². The number of benzene rings is 2. The van der Waals surface area contributed by atoms with Gasteiger partial charge in [0.15, 0.2) is 0 Å². The molecular formula is C25H29NO4. The van der Waals surface area contributed by atoms with Crippen LogP contribution in [0.2, 0.25) is 0 Å². The number of methoxy groups -OCH3 is 2. The Morgan fingerprint density at radius 1 is 0.867 bits per heavy atom. The molecular weight excluding hydrogens is 378 g/mol. The van der Waals surface area contributed by atoms with Crippen molar-refractivity contribution in [2.24, 2.45) is 0 Å². The molecule has 1 aromatic heterocycles. The van der Waals surface area contributed by atoms with E-state index in [4.69, 9.17) is 14.2 Å². The summed E-state index contributed by atoms with van der Waals surface area (Å²) >= 11 is 0. The van der Waals surface area contributed by atoms with E-state index in [9.17, 15) is 4.79 Å². The second kappa shape index (κ2) is 10.0. The van der Waals surface area contributed by atoms with E-state index < -0.39 is 0 Å². The molecule has 158 valence electrons. The van der Waals surface area contributed by atoms with E-state index in [1.807, 2.05) is 55.5 Å². The molecule has 0 spiro atoms. The van der Waals surface area contributed by atoms with Gasteiger partial charge in [-0.3, -0.25) is 0 Å². The molecule has 0 amide bonds. The van der Waals surface area contributed by atoms with Crippen molar-refractivity contribution in [2.45, 2.75) is 33.1 Å². The number of nitrogens with one attached hydrogen (secondary N) is 1. The van der Waals surface area contributed by atoms with Gasteiger partial charge in [-0.25, -0.2) is 4.79 Å². The normalized spacial score (nSPS) is 10.7. The van der Waals surface area contributed by atoms with E-state index in [2.05, 4.69) is 11.9 Å². The SMILES string of the molecule is CCCCc1[nH]c(-c2ccc(OC)cc2)c(-c2ccc(OC)cc2)c1C(=O)OCC. The number of esters is 1. The number of H-pyrrole nitrogens is 1. The van der Waals surface area contributed by atoms with Crippen LogP contribution in [0.1, 0.15) is 42.7 Å². The van der Waals surface area contributed by atoms with Crippen LogP contribution in [0.15, 0.2) is 48.5 Å². The summed E-state index contributed by atoms with van der Waals surface area (Å²) in [6.45, 7) is 4.30. The predicted octanol–water partition coefficient (Wildman–Crippen LogP) is 5.89. The monoisotopic (exact) mass is 407 g/mol. The first-order valence-electron chi connectivity index (χ1n) is 10.3. The van der Waals surface area contributed by atoms with Crippen molar-refractivity contribution in [3.8, 4) is 33.9 Å². The van der Waals surface area contributed by atoms with Gasteiger partial charge in [-0.15, -0.1) is 0 Å². The van der Waals surface area contributed by atoms with Gasteiger partial charge < -0.3 is 19.2 Å². The number of carbonyl (C=O) groups is 1. The number of hydrogen-bond donors (Lipinski definition) is 1. The fourth-order valence-corrected chi connectivity index (χ4v) is 3.54. The lowest BCUT2D eigenvalue weighted by Crippen LogP contribution is -2.08. The highest BCUT2D eigenvalue weighted by atomic mass is 16.5. The lowest BCUT2D eigenvalue weighted by Gasteiger charge is -2.10. The van der Waals surface area contributed by atoms with Crippen molar-refractivity contribution < 1.29 is 19.0 Å². The number of hydrogen-bond acceptors (Lipinski definition) is 4. The van der Waals surface area contributed by atoms with Crippen LogP contribution in [0.25, 0.3) is 22.4 Å². The summed E-state index contributed by atoms with van der Waals surface area (Å²) in [5.41, 5.74) is 5.19. The van der Waals surface area contributed by atoms with Gasteiger partial charge in [-0.2, -0.15) is 0 Å². The summed E-state index contributed by atoms with van der Waals surface area (Å²) in [7, 11) is 3.29. The smallest absolute Gasteiger partial charge is 0.340 e. The maximum Gasteiger partial charge on any atom is 0.340 e. The van der Waals surface area contributed by atoms with Gasteiger partial charge in [-0.1, -0.05) is 25.5 Å². The third kappa shape index (κ3) is 4.51. The lowest BCUT2D eigenvalue weighted by molar-refractivity contribution is 0.0526. The van der Waals surface area contributed by atoms with Crippen LogP contribution in [-0.4, -0.2) is 31.8 Å². The molecule has 5 nitrogen and oxygen atoms in total. The first kappa shape index (κ1) is 21.5. The molecule has 0 bridgehead atoms. The van der Waals surface area contributed by atoms with Gasteiger partial charge in [0, 0.05) is 11.3 Å². The molecule has 2 aromatic carbocycles. The summed E-state index contributed by atoms with van der Waals surface area (Å²) in [5.74, 6) is 1.25. The van der Waals surface area contributed by atoms with E-state index in [-0.39, 0.29) is 5.97 Å².